The standard InChI is InChI=1S/C18H21N5O/c1-13(15-7-5-14(10-19)6-8-15)22-18(24)23-9-3-2-4-17(23)16-11-20-21-12-16/h5-8,11-13,17H,2-4,9H2,1H3,(H,20,21)(H,22,24)/t13-,17-/m0/s1. The fourth-order valence-corrected chi connectivity index (χ4v) is 3.16. The van der Waals surface area contributed by atoms with Gasteiger partial charge in [-0.15, -0.1) is 0 Å². The minimum atomic E-state index is -0.114. The fraction of sp³-hybridized carbons (Fsp3) is 0.389. The predicted molar refractivity (Wildman–Crippen MR) is 90.0 cm³/mol. The second-order valence-electron chi connectivity index (χ2n) is 6.14. The van der Waals surface area contributed by atoms with Crippen LogP contribution in [0.1, 0.15) is 55.0 Å². The van der Waals surface area contributed by atoms with Crippen molar-refractivity contribution in [2.75, 3.05) is 6.54 Å². The van der Waals surface area contributed by atoms with E-state index in [4.69, 9.17) is 5.26 Å². The summed E-state index contributed by atoms with van der Waals surface area (Å²) in [6, 6.07) is 9.31. The molecule has 2 N–H and O–H groups in total. The Hall–Kier alpha value is -2.81. The van der Waals surface area contributed by atoms with Gasteiger partial charge in [-0.2, -0.15) is 10.4 Å². The SMILES string of the molecule is C[C@H](NC(=O)N1CCCC[C@H]1c1cn[nH]c1)c1ccc(C#N)cc1. The molecule has 0 spiro atoms. The number of nitrogens with zero attached hydrogens (tertiary/aromatic N) is 3. The molecule has 124 valence electrons. The summed E-state index contributed by atoms with van der Waals surface area (Å²) in [7, 11) is 0. The number of amides is 2. The van der Waals surface area contributed by atoms with E-state index in [1.54, 1.807) is 18.3 Å². The van der Waals surface area contributed by atoms with Crippen LogP contribution >= 0.6 is 0 Å². The Morgan fingerprint density at radius 3 is 2.88 bits per heavy atom. The summed E-state index contributed by atoms with van der Waals surface area (Å²) in [6.07, 6.45) is 6.75. The first-order valence-corrected chi connectivity index (χ1v) is 8.25. The number of carbonyl (C=O) groups excluding carboxylic acids is 1. The van der Waals surface area contributed by atoms with Gasteiger partial charge in [-0.05, 0) is 43.9 Å². The van der Waals surface area contributed by atoms with Crippen LogP contribution in [0.2, 0.25) is 0 Å². The number of carbonyl (C=O) groups is 1. The van der Waals surface area contributed by atoms with E-state index in [1.165, 1.54) is 0 Å². The van der Waals surface area contributed by atoms with E-state index in [0.717, 1.165) is 36.9 Å². The van der Waals surface area contributed by atoms with Gasteiger partial charge in [0.1, 0.15) is 0 Å². The van der Waals surface area contributed by atoms with Crippen molar-refractivity contribution < 1.29 is 4.79 Å². The van der Waals surface area contributed by atoms with Gasteiger partial charge in [-0.25, -0.2) is 4.79 Å². The molecule has 2 atom stereocenters. The van der Waals surface area contributed by atoms with Gasteiger partial charge in [0.05, 0.1) is 29.9 Å². The number of piperidine rings is 1. The van der Waals surface area contributed by atoms with Crippen molar-refractivity contribution >= 4 is 6.03 Å². The van der Waals surface area contributed by atoms with Crippen molar-refractivity contribution in [3.05, 3.63) is 53.3 Å². The number of nitrogens with one attached hydrogen (secondary N) is 2. The summed E-state index contributed by atoms with van der Waals surface area (Å²) in [4.78, 5) is 14.6. The average Bonchev–Trinajstić information content (AvgIpc) is 3.16. The van der Waals surface area contributed by atoms with Gasteiger partial charge in [0.15, 0.2) is 0 Å². The number of likely N-dealkylation sites (tertiary alicyclic amines) is 1. The topological polar surface area (TPSA) is 84.8 Å². The number of benzene rings is 1. The lowest BCUT2D eigenvalue weighted by molar-refractivity contribution is 0.149. The van der Waals surface area contributed by atoms with Crippen LogP contribution in [0.15, 0.2) is 36.7 Å². The Morgan fingerprint density at radius 1 is 1.42 bits per heavy atom. The number of H-pyrrole nitrogens is 1. The highest BCUT2D eigenvalue weighted by Crippen LogP contribution is 2.30. The lowest BCUT2D eigenvalue weighted by Gasteiger charge is -2.36. The summed E-state index contributed by atoms with van der Waals surface area (Å²) in [5, 5.41) is 18.8. The van der Waals surface area contributed by atoms with Crippen molar-refractivity contribution in [1.29, 1.82) is 5.26 Å². The van der Waals surface area contributed by atoms with Crippen molar-refractivity contribution in [3.63, 3.8) is 0 Å². The van der Waals surface area contributed by atoms with Crippen LogP contribution in [0.25, 0.3) is 0 Å². The molecule has 0 saturated carbocycles. The Morgan fingerprint density at radius 2 is 2.21 bits per heavy atom. The maximum absolute atomic E-state index is 12.7. The number of rotatable bonds is 3. The molecule has 1 aliphatic rings. The zero-order chi connectivity index (χ0) is 16.9. The summed E-state index contributed by atoms with van der Waals surface area (Å²) < 4.78 is 0. The first-order chi connectivity index (χ1) is 11.7. The molecular formula is C18H21N5O. The van der Waals surface area contributed by atoms with Gasteiger partial charge in [0.25, 0.3) is 0 Å². The minimum Gasteiger partial charge on any atom is -0.331 e. The number of aromatic amines is 1. The highest BCUT2D eigenvalue weighted by Gasteiger charge is 2.29. The van der Waals surface area contributed by atoms with E-state index < -0.39 is 0 Å². The van der Waals surface area contributed by atoms with E-state index in [2.05, 4.69) is 21.6 Å². The molecule has 24 heavy (non-hydrogen) atoms. The van der Waals surface area contributed by atoms with Crippen molar-refractivity contribution in [2.24, 2.45) is 0 Å². The van der Waals surface area contributed by atoms with Crippen LogP contribution in [0.4, 0.5) is 4.79 Å². The summed E-state index contributed by atoms with van der Waals surface area (Å²) >= 11 is 0. The molecule has 0 unspecified atom stereocenters. The molecule has 1 fully saturated rings. The van der Waals surface area contributed by atoms with Crippen LogP contribution in [-0.4, -0.2) is 27.7 Å². The minimum absolute atomic E-state index is 0.0576. The van der Waals surface area contributed by atoms with Crippen molar-refractivity contribution in [3.8, 4) is 6.07 Å². The van der Waals surface area contributed by atoms with Gasteiger partial charge in [0.2, 0.25) is 0 Å². The van der Waals surface area contributed by atoms with Gasteiger partial charge in [0, 0.05) is 18.3 Å². The summed E-state index contributed by atoms with van der Waals surface area (Å²) in [5.74, 6) is 0. The van der Waals surface area contributed by atoms with Crippen LogP contribution < -0.4 is 5.32 Å². The highest BCUT2D eigenvalue weighted by molar-refractivity contribution is 5.75. The zero-order valence-electron chi connectivity index (χ0n) is 13.7. The monoisotopic (exact) mass is 323 g/mol. The van der Waals surface area contributed by atoms with E-state index in [1.807, 2.05) is 30.2 Å². The third kappa shape index (κ3) is 3.40. The van der Waals surface area contributed by atoms with Crippen LogP contribution in [-0.2, 0) is 0 Å². The highest BCUT2D eigenvalue weighted by atomic mass is 16.2. The molecule has 1 aliphatic heterocycles. The van der Waals surface area contributed by atoms with Crippen molar-refractivity contribution in [2.45, 2.75) is 38.3 Å². The molecule has 6 heteroatoms. The largest absolute Gasteiger partial charge is 0.331 e. The van der Waals surface area contributed by atoms with E-state index >= 15 is 0 Å². The molecule has 0 radical (unpaired) electrons. The lowest BCUT2D eigenvalue weighted by Crippen LogP contribution is -2.45. The molecule has 0 bridgehead atoms. The zero-order valence-corrected chi connectivity index (χ0v) is 13.7. The summed E-state index contributed by atoms with van der Waals surface area (Å²) in [5.41, 5.74) is 2.66. The third-order valence-corrected chi connectivity index (χ3v) is 4.55. The van der Waals surface area contributed by atoms with Crippen molar-refractivity contribution in [1.82, 2.24) is 20.4 Å². The second-order valence-corrected chi connectivity index (χ2v) is 6.14. The fourth-order valence-electron chi connectivity index (χ4n) is 3.16. The molecule has 1 saturated heterocycles. The van der Waals surface area contributed by atoms with Gasteiger partial charge in [-0.1, -0.05) is 12.1 Å². The molecule has 3 rings (SSSR count). The predicted octanol–water partition coefficient (Wildman–Crippen LogP) is 3.28. The second kappa shape index (κ2) is 7.18. The van der Waals surface area contributed by atoms with Gasteiger partial charge < -0.3 is 10.2 Å². The molecular weight excluding hydrogens is 302 g/mol. The number of nitriles is 1. The summed E-state index contributed by atoms with van der Waals surface area (Å²) in [6.45, 7) is 2.71. The van der Waals surface area contributed by atoms with Crippen LogP contribution in [0.5, 0.6) is 0 Å². The molecule has 1 aromatic carbocycles. The van der Waals surface area contributed by atoms with Gasteiger partial charge in [-0.3, -0.25) is 5.10 Å². The van der Waals surface area contributed by atoms with E-state index in [9.17, 15) is 4.79 Å². The van der Waals surface area contributed by atoms with E-state index in [-0.39, 0.29) is 18.1 Å². The molecule has 2 amide bonds. The number of aromatic nitrogens is 2. The normalized spacial score (nSPS) is 18.7. The molecule has 2 heterocycles. The van der Waals surface area contributed by atoms with Crippen LogP contribution in [0, 0.1) is 11.3 Å². The Kier molecular flexibility index (Phi) is 4.80. The number of urea groups is 1. The third-order valence-electron chi connectivity index (χ3n) is 4.55. The molecule has 0 aliphatic carbocycles. The molecule has 1 aromatic heterocycles. The maximum Gasteiger partial charge on any atom is 0.318 e. The van der Waals surface area contributed by atoms with Crippen LogP contribution in [0.3, 0.4) is 0 Å². The van der Waals surface area contributed by atoms with Gasteiger partial charge >= 0.3 is 6.03 Å². The maximum atomic E-state index is 12.7. The first-order valence-electron chi connectivity index (χ1n) is 8.25. The molecule has 6 nitrogen and oxygen atoms in total. The number of hydrogen-bond donors (Lipinski definition) is 2. The number of hydrogen-bond acceptors (Lipinski definition) is 3. The molecule has 2 aromatic rings. The Balaban J connectivity index is 1.69. The Labute approximate surface area is 141 Å². The Bertz CT molecular complexity index is 717. The first kappa shape index (κ1) is 16.1. The smallest absolute Gasteiger partial charge is 0.318 e. The quantitative estimate of drug-likeness (QED) is 0.909. The average molecular weight is 323 g/mol. The van der Waals surface area contributed by atoms with E-state index in [0.29, 0.717) is 5.56 Å². The lowest BCUT2D eigenvalue weighted by atomic mass is 9.98.